The number of amides is 1. The van der Waals surface area contributed by atoms with E-state index in [0.29, 0.717) is 23.7 Å². The number of hydrogen-bond acceptors (Lipinski definition) is 6. The summed E-state index contributed by atoms with van der Waals surface area (Å²) < 4.78 is 16.0. The van der Waals surface area contributed by atoms with Gasteiger partial charge < -0.3 is 24.8 Å². The van der Waals surface area contributed by atoms with Gasteiger partial charge in [-0.15, -0.1) is 0 Å². The number of anilines is 1. The molecule has 0 radical (unpaired) electrons. The second-order valence-corrected chi connectivity index (χ2v) is 6.97. The van der Waals surface area contributed by atoms with Gasteiger partial charge in [0.15, 0.2) is 6.61 Å². The quantitative estimate of drug-likeness (QED) is 0.594. The van der Waals surface area contributed by atoms with Crippen molar-refractivity contribution in [3.8, 4) is 11.5 Å². The lowest BCUT2D eigenvalue weighted by atomic mass is 10.0. The van der Waals surface area contributed by atoms with Gasteiger partial charge in [0, 0.05) is 17.8 Å². The van der Waals surface area contributed by atoms with Gasteiger partial charge in [-0.25, -0.2) is 4.79 Å². The van der Waals surface area contributed by atoms with Gasteiger partial charge in [-0.05, 0) is 49.6 Å². The zero-order valence-corrected chi connectivity index (χ0v) is 16.9. The number of carbonyl (C=O) groups excluding carboxylic acids is 2. The van der Waals surface area contributed by atoms with Crippen LogP contribution in [0.2, 0.25) is 0 Å². The monoisotopic (exact) mass is 398 g/mol. The third-order valence-electron chi connectivity index (χ3n) is 5.24. The lowest BCUT2D eigenvalue weighted by Crippen LogP contribution is -2.34. The summed E-state index contributed by atoms with van der Waals surface area (Å²) in [6.45, 7) is 2.07. The van der Waals surface area contributed by atoms with Crippen LogP contribution in [-0.4, -0.2) is 44.1 Å². The van der Waals surface area contributed by atoms with Crippen LogP contribution in [0.5, 0.6) is 11.5 Å². The Bertz CT molecular complexity index is 912. The van der Waals surface area contributed by atoms with E-state index in [1.165, 1.54) is 0 Å². The number of nitrogens with zero attached hydrogens (tertiary/aromatic N) is 1. The summed E-state index contributed by atoms with van der Waals surface area (Å²) in [6, 6.07) is 10.5. The fourth-order valence-electron chi connectivity index (χ4n) is 3.63. The molecule has 1 atom stereocenters. The molecule has 2 N–H and O–H groups in total. The molecule has 3 rings (SSSR count). The number of nitrogen functional groups attached to an aromatic ring is 1. The largest absolute Gasteiger partial charge is 0.497 e. The van der Waals surface area contributed by atoms with E-state index >= 15 is 0 Å². The zero-order chi connectivity index (χ0) is 21.0. The van der Waals surface area contributed by atoms with Gasteiger partial charge >= 0.3 is 5.97 Å². The molecule has 1 heterocycles. The number of aryl methyl sites for hydroxylation is 1. The first kappa shape index (κ1) is 20.5. The van der Waals surface area contributed by atoms with Gasteiger partial charge in [-0.3, -0.25) is 4.79 Å². The maximum atomic E-state index is 12.8. The van der Waals surface area contributed by atoms with E-state index in [1.54, 1.807) is 31.3 Å². The SMILES string of the molecule is COc1ccc(OC)c([C@@H]2CCCN2C(=O)COC(=O)c2cccc(C)c2N)c1. The molecule has 1 saturated heterocycles. The summed E-state index contributed by atoms with van der Waals surface area (Å²) in [5.41, 5.74) is 8.25. The molecule has 0 spiro atoms. The van der Waals surface area contributed by atoms with Gasteiger partial charge in [-0.1, -0.05) is 12.1 Å². The summed E-state index contributed by atoms with van der Waals surface area (Å²) in [6.07, 6.45) is 1.66. The van der Waals surface area contributed by atoms with Gasteiger partial charge in [0.05, 0.1) is 25.8 Å². The molecule has 1 amide bonds. The van der Waals surface area contributed by atoms with E-state index < -0.39 is 5.97 Å². The Morgan fingerprint density at radius 2 is 1.97 bits per heavy atom. The number of benzene rings is 2. The van der Waals surface area contributed by atoms with Crippen molar-refractivity contribution in [1.82, 2.24) is 4.90 Å². The van der Waals surface area contributed by atoms with Gasteiger partial charge in [0.2, 0.25) is 0 Å². The minimum absolute atomic E-state index is 0.157. The molecule has 1 aliphatic heterocycles. The molecular formula is C22H26N2O5. The lowest BCUT2D eigenvalue weighted by molar-refractivity contribution is -0.135. The summed E-state index contributed by atoms with van der Waals surface area (Å²) in [7, 11) is 3.19. The maximum absolute atomic E-state index is 12.8. The van der Waals surface area contributed by atoms with Crippen LogP contribution in [0.25, 0.3) is 0 Å². The molecule has 7 nitrogen and oxygen atoms in total. The van der Waals surface area contributed by atoms with Crippen LogP contribution in [0.15, 0.2) is 36.4 Å². The Hall–Kier alpha value is -3.22. The summed E-state index contributed by atoms with van der Waals surface area (Å²) in [5, 5.41) is 0. The minimum atomic E-state index is -0.603. The Labute approximate surface area is 170 Å². The van der Waals surface area contributed by atoms with Crippen LogP contribution in [0.4, 0.5) is 5.69 Å². The molecule has 29 heavy (non-hydrogen) atoms. The predicted molar refractivity (Wildman–Crippen MR) is 109 cm³/mol. The minimum Gasteiger partial charge on any atom is -0.497 e. The van der Waals surface area contributed by atoms with Crippen LogP contribution in [0.3, 0.4) is 0 Å². The summed E-state index contributed by atoms with van der Waals surface area (Å²) in [5.74, 6) is 0.535. The van der Waals surface area contributed by atoms with E-state index in [4.69, 9.17) is 19.9 Å². The highest BCUT2D eigenvalue weighted by atomic mass is 16.5. The average molecular weight is 398 g/mol. The number of likely N-dealkylation sites (tertiary alicyclic amines) is 1. The summed E-state index contributed by atoms with van der Waals surface area (Å²) in [4.78, 5) is 26.9. The lowest BCUT2D eigenvalue weighted by Gasteiger charge is -2.26. The fraction of sp³-hybridized carbons (Fsp3) is 0.364. The second-order valence-electron chi connectivity index (χ2n) is 6.97. The van der Waals surface area contributed by atoms with E-state index in [9.17, 15) is 9.59 Å². The normalized spacial score (nSPS) is 15.8. The number of carbonyl (C=O) groups is 2. The standard InChI is InChI=1S/C22H26N2O5/c1-14-6-4-7-16(21(14)23)22(26)29-13-20(25)24-11-5-8-18(24)17-12-15(27-2)9-10-19(17)28-3/h4,6-7,9-10,12,18H,5,8,11,13,23H2,1-3H3/t18-/m0/s1. The molecule has 1 fully saturated rings. The number of hydrogen-bond donors (Lipinski definition) is 1. The molecule has 0 bridgehead atoms. The zero-order valence-electron chi connectivity index (χ0n) is 16.9. The van der Waals surface area contributed by atoms with Crippen LogP contribution in [0, 0.1) is 6.92 Å². The number of methoxy groups -OCH3 is 2. The highest BCUT2D eigenvalue weighted by Crippen LogP contribution is 2.38. The van der Waals surface area contributed by atoms with Crippen LogP contribution in [0.1, 0.15) is 40.4 Å². The van der Waals surface area contributed by atoms with Crippen LogP contribution in [-0.2, 0) is 9.53 Å². The first-order valence-electron chi connectivity index (χ1n) is 9.50. The molecule has 7 heteroatoms. The van der Waals surface area contributed by atoms with Crippen molar-refractivity contribution < 1.29 is 23.8 Å². The topological polar surface area (TPSA) is 91.1 Å². The van der Waals surface area contributed by atoms with Crippen molar-refractivity contribution in [3.63, 3.8) is 0 Å². The number of para-hydroxylation sites is 1. The van der Waals surface area contributed by atoms with E-state index in [0.717, 1.165) is 24.0 Å². The Kier molecular flexibility index (Phi) is 6.26. The van der Waals surface area contributed by atoms with Crippen molar-refractivity contribution in [2.75, 3.05) is 33.1 Å². The van der Waals surface area contributed by atoms with Crippen molar-refractivity contribution in [2.45, 2.75) is 25.8 Å². The molecular weight excluding hydrogens is 372 g/mol. The van der Waals surface area contributed by atoms with Gasteiger partial charge in [0.25, 0.3) is 5.91 Å². The van der Waals surface area contributed by atoms with E-state index in [-0.39, 0.29) is 24.1 Å². The fourth-order valence-corrected chi connectivity index (χ4v) is 3.63. The van der Waals surface area contributed by atoms with Crippen molar-refractivity contribution >= 4 is 17.6 Å². The van der Waals surface area contributed by atoms with Crippen LogP contribution < -0.4 is 15.2 Å². The first-order chi connectivity index (χ1) is 14.0. The highest BCUT2D eigenvalue weighted by molar-refractivity contribution is 5.96. The van der Waals surface area contributed by atoms with E-state index in [1.807, 2.05) is 31.2 Å². The molecule has 0 saturated carbocycles. The molecule has 0 unspecified atom stereocenters. The Morgan fingerprint density at radius 3 is 2.69 bits per heavy atom. The number of ether oxygens (including phenoxy) is 3. The third kappa shape index (κ3) is 4.29. The highest BCUT2D eigenvalue weighted by Gasteiger charge is 2.32. The maximum Gasteiger partial charge on any atom is 0.340 e. The number of nitrogens with two attached hydrogens (primary N) is 1. The first-order valence-corrected chi connectivity index (χ1v) is 9.50. The molecule has 2 aromatic rings. The Balaban J connectivity index is 1.72. The summed E-state index contributed by atoms with van der Waals surface area (Å²) >= 11 is 0. The van der Waals surface area contributed by atoms with E-state index in [2.05, 4.69) is 0 Å². The van der Waals surface area contributed by atoms with Gasteiger partial charge in [-0.2, -0.15) is 0 Å². The number of rotatable bonds is 6. The number of esters is 1. The predicted octanol–water partition coefficient (Wildman–Crippen LogP) is 3.11. The Morgan fingerprint density at radius 1 is 1.17 bits per heavy atom. The third-order valence-corrected chi connectivity index (χ3v) is 5.24. The molecule has 1 aliphatic rings. The molecule has 0 aromatic heterocycles. The smallest absolute Gasteiger partial charge is 0.340 e. The van der Waals surface area contributed by atoms with Crippen molar-refractivity contribution in [3.05, 3.63) is 53.1 Å². The molecule has 0 aliphatic carbocycles. The van der Waals surface area contributed by atoms with Gasteiger partial charge in [0.1, 0.15) is 11.5 Å². The van der Waals surface area contributed by atoms with Crippen molar-refractivity contribution in [1.29, 1.82) is 0 Å². The van der Waals surface area contributed by atoms with Crippen molar-refractivity contribution in [2.24, 2.45) is 0 Å². The molecule has 2 aromatic carbocycles. The second kappa shape index (κ2) is 8.86. The average Bonchev–Trinajstić information content (AvgIpc) is 3.23. The molecule has 154 valence electrons. The van der Waals surface area contributed by atoms with Crippen LogP contribution >= 0.6 is 0 Å².